The minimum atomic E-state index is -4.76. The SMILES string of the molecule is O=C(C[C@@]1(COc2ccc(Cl)cc2)CN(Cc2cccc(OC(F)(F)F)c2)CCO1)N1CCOCC1. The topological polar surface area (TPSA) is 60.5 Å². The number of alkyl halides is 3. The second-order valence-electron chi connectivity index (χ2n) is 8.85. The van der Waals surface area contributed by atoms with Gasteiger partial charge in [-0.15, -0.1) is 13.2 Å². The molecule has 11 heteroatoms. The number of rotatable bonds is 8. The zero-order valence-corrected chi connectivity index (χ0v) is 20.4. The molecule has 196 valence electrons. The molecular formula is C25H28ClF3N2O5. The number of ether oxygens (including phenoxy) is 4. The minimum Gasteiger partial charge on any atom is -0.491 e. The molecule has 0 bridgehead atoms. The normalized spacial score (nSPS) is 21.3. The third-order valence-corrected chi connectivity index (χ3v) is 6.27. The van der Waals surface area contributed by atoms with Crippen molar-refractivity contribution in [2.45, 2.75) is 24.9 Å². The zero-order valence-electron chi connectivity index (χ0n) is 19.6. The van der Waals surface area contributed by atoms with E-state index in [2.05, 4.69) is 4.74 Å². The van der Waals surface area contributed by atoms with Crippen LogP contribution >= 0.6 is 11.6 Å². The molecule has 2 heterocycles. The molecule has 0 aliphatic carbocycles. The smallest absolute Gasteiger partial charge is 0.491 e. The fraction of sp³-hybridized carbons (Fsp3) is 0.480. The van der Waals surface area contributed by atoms with Crippen molar-refractivity contribution in [3.8, 4) is 11.5 Å². The van der Waals surface area contributed by atoms with E-state index < -0.39 is 12.0 Å². The average Bonchev–Trinajstić information content (AvgIpc) is 2.84. The molecule has 2 aliphatic rings. The van der Waals surface area contributed by atoms with Crippen molar-refractivity contribution in [1.82, 2.24) is 9.80 Å². The predicted octanol–water partition coefficient (Wildman–Crippen LogP) is 4.14. The van der Waals surface area contributed by atoms with Crippen LogP contribution in [0.2, 0.25) is 5.02 Å². The third kappa shape index (κ3) is 7.73. The van der Waals surface area contributed by atoms with E-state index >= 15 is 0 Å². The number of nitrogens with zero attached hydrogens (tertiary/aromatic N) is 2. The van der Waals surface area contributed by atoms with Gasteiger partial charge in [-0.25, -0.2) is 0 Å². The summed E-state index contributed by atoms with van der Waals surface area (Å²) in [7, 11) is 0. The molecule has 0 N–H and O–H groups in total. The Morgan fingerprint density at radius 3 is 2.50 bits per heavy atom. The van der Waals surface area contributed by atoms with E-state index in [9.17, 15) is 18.0 Å². The Balaban J connectivity index is 1.48. The molecule has 4 rings (SSSR count). The molecule has 2 saturated heterocycles. The quantitative estimate of drug-likeness (QED) is 0.513. The van der Waals surface area contributed by atoms with Crippen LogP contribution in [0.25, 0.3) is 0 Å². The fourth-order valence-corrected chi connectivity index (χ4v) is 4.47. The van der Waals surface area contributed by atoms with Crippen molar-refractivity contribution in [3.63, 3.8) is 0 Å². The highest BCUT2D eigenvalue weighted by molar-refractivity contribution is 6.30. The maximum absolute atomic E-state index is 13.1. The highest BCUT2D eigenvalue weighted by Crippen LogP contribution is 2.28. The van der Waals surface area contributed by atoms with Crippen molar-refractivity contribution >= 4 is 17.5 Å². The highest BCUT2D eigenvalue weighted by atomic mass is 35.5. The lowest BCUT2D eigenvalue weighted by molar-refractivity contribution is -0.274. The van der Waals surface area contributed by atoms with Crippen molar-refractivity contribution in [1.29, 1.82) is 0 Å². The van der Waals surface area contributed by atoms with E-state index in [0.717, 1.165) is 0 Å². The van der Waals surface area contributed by atoms with Gasteiger partial charge in [-0.2, -0.15) is 0 Å². The Kier molecular flexibility index (Phi) is 8.61. The van der Waals surface area contributed by atoms with Gasteiger partial charge in [-0.3, -0.25) is 9.69 Å². The standard InChI is InChI=1S/C25H28ClF3N2O5/c26-20-4-6-21(7-5-20)34-18-24(15-23(32)31-9-11-33-12-10-31)17-30(8-13-35-24)16-19-2-1-3-22(14-19)36-25(27,28)29/h1-7,14H,8-13,15-18H2/t24-/m0/s1. The van der Waals surface area contributed by atoms with E-state index in [1.165, 1.54) is 18.2 Å². The lowest BCUT2D eigenvalue weighted by Gasteiger charge is -2.43. The largest absolute Gasteiger partial charge is 0.573 e. The molecule has 1 atom stereocenters. The molecule has 0 saturated carbocycles. The maximum atomic E-state index is 13.1. The molecule has 0 unspecified atom stereocenters. The van der Waals surface area contributed by atoms with Crippen molar-refractivity contribution in [2.24, 2.45) is 0 Å². The summed E-state index contributed by atoms with van der Waals surface area (Å²) >= 11 is 5.97. The Morgan fingerprint density at radius 1 is 1.03 bits per heavy atom. The molecule has 0 radical (unpaired) electrons. The molecule has 0 spiro atoms. The Bertz CT molecular complexity index is 1020. The van der Waals surface area contributed by atoms with Gasteiger partial charge in [-0.05, 0) is 42.0 Å². The van der Waals surface area contributed by atoms with E-state index in [0.29, 0.717) is 68.9 Å². The number of hydrogen-bond donors (Lipinski definition) is 0. The van der Waals surface area contributed by atoms with Gasteiger partial charge >= 0.3 is 6.36 Å². The van der Waals surface area contributed by atoms with Crippen LogP contribution < -0.4 is 9.47 Å². The van der Waals surface area contributed by atoms with E-state index in [-0.39, 0.29) is 24.7 Å². The van der Waals surface area contributed by atoms with Crippen molar-refractivity contribution in [3.05, 3.63) is 59.1 Å². The van der Waals surface area contributed by atoms with Gasteiger partial charge in [0.15, 0.2) is 0 Å². The van der Waals surface area contributed by atoms with E-state index in [1.54, 1.807) is 35.2 Å². The Labute approximate surface area is 212 Å². The Morgan fingerprint density at radius 2 is 1.78 bits per heavy atom. The van der Waals surface area contributed by atoms with Crippen LogP contribution in [0, 0.1) is 0 Å². The summed E-state index contributed by atoms with van der Waals surface area (Å²) in [6, 6.07) is 12.8. The number of hydrogen-bond acceptors (Lipinski definition) is 6. The summed E-state index contributed by atoms with van der Waals surface area (Å²) in [5, 5.41) is 0.580. The number of benzene rings is 2. The summed E-state index contributed by atoms with van der Waals surface area (Å²) in [5.74, 6) is 0.267. The number of carbonyl (C=O) groups excluding carboxylic acids is 1. The number of carbonyl (C=O) groups is 1. The highest BCUT2D eigenvalue weighted by Gasteiger charge is 2.41. The van der Waals surface area contributed by atoms with Crippen LogP contribution in [0.15, 0.2) is 48.5 Å². The number of morpholine rings is 2. The molecule has 2 aliphatic heterocycles. The lowest BCUT2D eigenvalue weighted by Crippen LogP contribution is -2.57. The van der Waals surface area contributed by atoms with Crippen LogP contribution in [0.1, 0.15) is 12.0 Å². The number of halogens is 4. The number of amides is 1. The van der Waals surface area contributed by atoms with Crippen LogP contribution in [0.3, 0.4) is 0 Å². The first kappa shape index (κ1) is 26.5. The molecule has 2 aromatic rings. The van der Waals surface area contributed by atoms with Crippen molar-refractivity contribution < 1.29 is 36.9 Å². The first-order chi connectivity index (χ1) is 17.2. The molecule has 7 nitrogen and oxygen atoms in total. The molecule has 2 aromatic carbocycles. The van der Waals surface area contributed by atoms with Gasteiger partial charge in [-0.1, -0.05) is 23.7 Å². The van der Waals surface area contributed by atoms with Crippen molar-refractivity contribution in [2.75, 3.05) is 52.6 Å². The monoisotopic (exact) mass is 528 g/mol. The minimum absolute atomic E-state index is 0.0552. The zero-order chi connectivity index (χ0) is 25.6. The summed E-state index contributed by atoms with van der Waals surface area (Å²) in [5.41, 5.74) is -0.279. The molecule has 0 aromatic heterocycles. The van der Waals surface area contributed by atoms with Crippen LogP contribution in [-0.2, 0) is 20.8 Å². The van der Waals surface area contributed by atoms with Gasteiger partial charge in [0, 0.05) is 37.7 Å². The van der Waals surface area contributed by atoms with Gasteiger partial charge < -0.3 is 23.8 Å². The Hall–Kier alpha value is -2.53. The van der Waals surface area contributed by atoms with Gasteiger partial charge in [0.1, 0.15) is 23.7 Å². The second kappa shape index (κ2) is 11.7. The summed E-state index contributed by atoms with van der Waals surface area (Å²) < 4.78 is 59.5. The van der Waals surface area contributed by atoms with E-state index in [4.69, 9.17) is 25.8 Å². The maximum Gasteiger partial charge on any atom is 0.573 e. The second-order valence-corrected chi connectivity index (χ2v) is 9.29. The first-order valence-corrected chi connectivity index (χ1v) is 12.0. The summed E-state index contributed by atoms with van der Waals surface area (Å²) in [6.45, 7) is 3.77. The molecular weight excluding hydrogens is 501 g/mol. The fourth-order valence-electron chi connectivity index (χ4n) is 4.35. The molecule has 36 heavy (non-hydrogen) atoms. The van der Waals surface area contributed by atoms with Gasteiger partial charge in [0.25, 0.3) is 0 Å². The van der Waals surface area contributed by atoms with Crippen LogP contribution in [0.5, 0.6) is 11.5 Å². The average molecular weight is 529 g/mol. The van der Waals surface area contributed by atoms with E-state index in [1.807, 2.05) is 4.90 Å². The third-order valence-electron chi connectivity index (χ3n) is 6.02. The van der Waals surface area contributed by atoms with Gasteiger partial charge in [0.05, 0.1) is 26.2 Å². The molecule has 1 amide bonds. The lowest BCUT2D eigenvalue weighted by atomic mass is 9.96. The van der Waals surface area contributed by atoms with Crippen LogP contribution in [0.4, 0.5) is 13.2 Å². The summed E-state index contributed by atoms with van der Waals surface area (Å²) in [4.78, 5) is 17.0. The first-order valence-electron chi connectivity index (χ1n) is 11.6. The van der Waals surface area contributed by atoms with Crippen LogP contribution in [-0.4, -0.2) is 80.3 Å². The summed E-state index contributed by atoms with van der Waals surface area (Å²) in [6.07, 6.45) is -4.65. The predicted molar refractivity (Wildman–Crippen MR) is 126 cm³/mol. The molecule has 2 fully saturated rings. The van der Waals surface area contributed by atoms with Gasteiger partial charge in [0.2, 0.25) is 5.91 Å².